The molecule has 1 aliphatic heterocycles. The molecule has 0 atom stereocenters. The molecule has 0 spiro atoms. The number of nitrogens with one attached hydrogen (secondary N) is 2. The maximum Gasteiger partial charge on any atom is 0.265 e. The van der Waals surface area contributed by atoms with Gasteiger partial charge in [0.25, 0.3) is 6.21 Å². The van der Waals surface area contributed by atoms with Gasteiger partial charge in [0, 0.05) is 0 Å². The van der Waals surface area contributed by atoms with Gasteiger partial charge in [-0.15, -0.1) is 5.43 Å². The number of hydrogen-bond acceptors (Lipinski definition) is 3. The number of rotatable bonds is 0. The van der Waals surface area contributed by atoms with Crippen molar-refractivity contribution in [1.82, 2.24) is 15.8 Å². The van der Waals surface area contributed by atoms with E-state index >= 15 is 0 Å². The zero-order chi connectivity index (χ0) is 4.24. The van der Waals surface area contributed by atoms with Gasteiger partial charge in [0.2, 0.25) is 0 Å². The Bertz CT molecular complexity index is 51.1. The molecule has 0 aromatic heterocycles. The molecule has 3 heteroatoms. The highest BCUT2D eigenvalue weighted by atomic mass is 15.3. The van der Waals surface area contributed by atoms with Crippen molar-refractivity contribution in [3.8, 4) is 0 Å². The van der Waals surface area contributed by atoms with E-state index in [1.54, 1.807) is 6.21 Å². The highest BCUT2D eigenvalue weighted by Gasteiger charge is 1.95. The van der Waals surface area contributed by atoms with Gasteiger partial charge in [-0.25, -0.2) is 0 Å². The van der Waals surface area contributed by atoms with Crippen LogP contribution in [0.2, 0.25) is 0 Å². The minimum atomic E-state index is 0.802. The maximum absolute atomic E-state index is 3.74. The van der Waals surface area contributed by atoms with E-state index in [0.717, 1.165) is 13.2 Å². The SMILES string of the molecule is C1=[N+]NCNC1. The Morgan fingerprint density at radius 1 is 1.67 bits per heavy atom. The van der Waals surface area contributed by atoms with Gasteiger partial charge in [-0.05, 0) is 0 Å². The number of hydrazone groups is 1. The molecular formula is C3H7N3+. The molecule has 1 aliphatic rings. The zero-order valence-corrected chi connectivity index (χ0v) is 3.44. The van der Waals surface area contributed by atoms with Crippen LogP contribution in [0.1, 0.15) is 0 Å². The Hall–Kier alpha value is -0.570. The average molecular weight is 85.1 g/mol. The van der Waals surface area contributed by atoms with Crippen LogP contribution >= 0.6 is 0 Å². The summed E-state index contributed by atoms with van der Waals surface area (Å²) in [4.78, 5) is 0. The van der Waals surface area contributed by atoms with Gasteiger partial charge in [0.05, 0.1) is 6.54 Å². The summed E-state index contributed by atoms with van der Waals surface area (Å²) in [5, 5.41) is 6.76. The molecule has 0 aromatic rings. The lowest BCUT2D eigenvalue weighted by Gasteiger charge is -1.92. The molecule has 1 heterocycles. The zero-order valence-electron chi connectivity index (χ0n) is 3.44. The predicted molar refractivity (Wildman–Crippen MR) is 24.2 cm³/mol. The normalized spacial score (nSPS) is 20.0. The van der Waals surface area contributed by atoms with E-state index in [-0.39, 0.29) is 0 Å². The highest BCUT2D eigenvalue weighted by molar-refractivity contribution is 5.58. The second kappa shape index (κ2) is 1.77. The van der Waals surface area contributed by atoms with Crippen LogP contribution in [0.3, 0.4) is 0 Å². The number of nitrogens with zero attached hydrogens (tertiary/aromatic N) is 1. The molecule has 0 aromatic carbocycles. The lowest BCUT2D eigenvalue weighted by atomic mass is 10.7. The smallest absolute Gasteiger partial charge is 0.265 e. The molecule has 0 unspecified atom stereocenters. The molecule has 0 bridgehead atoms. The van der Waals surface area contributed by atoms with E-state index in [1.807, 2.05) is 0 Å². The Morgan fingerprint density at radius 2 is 2.67 bits per heavy atom. The first-order valence-electron chi connectivity index (χ1n) is 1.95. The minimum absolute atomic E-state index is 0.802. The van der Waals surface area contributed by atoms with Crippen molar-refractivity contribution in [2.75, 3.05) is 13.2 Å². The summed E-state index contributed by atoms with van der Waals surface area (Å²) in [6.45, 7) is 1.70. The molecule has 3 nitrogen and oxygen atoms in total. The Balaban J connectivity index is 2.26. The molecule has 0 amide bonds. The van der Waals surface area contributed by atoms with Crippen LogP contribution in [0.25, 0.3) is 0 Å². The minimum Gasteiger partial charge on any atom is -0.286 e. The summed E-state index contributed by atoms with van der Waals surface area (Å²) in [5.74, 6) is 0. The number of hydrogen-bond donors (Lipinski definition) is 2. The van der Waals surface area contributed by atoms with E-state index in [2.05, 4.69) is 15.8 Å². The van der Waals surface area contributed by atoms with Crippen molar-refractivity contribution in [2.24, 2.45) is 0 Å². The van der Waals surface area contributed by atoms with Crippen LogP contribution in [0.15, 0.2) is 0 Å². The standard InChI is InChI=1S/C3H7N3/c1-2-5-6-3-4-1/h2,4,6H,1,3H2/q+1. The van der Waals surface area contributed by atoms with Gasteiger partial charge < -0.3 is 0 Å². The Labute approximate surface area is 36.4 Å². The van der Waals surface area contributed by atoms with Crippen LogP contribution in [-0.4, -0.2) is 19.4 Å². The summed E-state index contributed by atoms with van der Waals surface area (Å²) in [5.41, 5.74) is 2.74. The fourth-order valence-electron chi connectivity index (χ4n) is 0.348. The quantitative estimate of drug-likeness (QED) is 0.374. The van der Waals surface area contributed by atoms with Crippen molar-refractivity contribution >= 4 is 6.21 Å². The highest BCUT2D eigenvalue weighted by Crippen LogP contribution is 1.50. The molecule has 6 heavy (non-hydrogen) atoms. The molecule has 0 saturated carbocycles. The molecule has 0 fully saturated rings. The monoisotopic (exact) mass is 85.1 g/mol. The fraction of sp³-hybridized carbons (Fsp3) is 0.667. The molecule has 1 radical (unpaired) electrons. The largest absolute Gasteiger partial charge is 0.286 e. The third kappa shape index (κ3) is 0.687. The van der Waals surface area contributed by atoms with Crippen molar-refractivity contribution in [2.45, 2.75) is 0 Å². The van der Waals surface area contributed by atoms with Crippen LogP contribution in [-0.2, 0) is 0 Å². The molecule has 2 N–H and O–H groups in total. The van der Waals surface area contributed by atoms with Crippen LogP contribution in [0.4, 0.5) is 0 Å². The first kappa shape index (κ1) is 3.61. The third-order valence-electron chi connectivity index (χ3n) is 0.622. The van der Waals surface area contributed by atoms with Crippen molar-refractivity contribution in [3.63, 3.8) is 0 Å². The molecule has 0 saturated heterocycles. The summed E-state index contributed by atoms with van der Waals surface area (Å²) < 4.78 is 0. The van der Waals surface area contributed by atoms with Crippen LogP contribution in [0, 0.1) is 0 Å². The van der Waals surface area contributed by atoms with E-state index < -0.39 is 0 Å². The summed E-state index contributed by atoms with van der Waals surface area (Å²) in [6, 6.07) is 0. The Morgan fingerprint density at radius 3 is 2.83 bits per heavy atom. The van der Waals surface area contributed by atoms with Gasteiger partial charge in [-0.3, -0.25) is 5.32 Å². The molecule has 33 valence electrons. The first-order valence-corrected chi connectivity index (χ1v) is 1.95. The average Bonchev–Trinajstić information content (AvgIpc) is 1.72. The van der Waals surface area contributed by atoms with E-state index in [9.17, 15) is 0 Å². The third-order valence-corrected chi connectivity index (χ3v) is 0.622. The first-order chi connectivity index (χ1) is 3.00. The summed E-state index contributed by atoms with van der Waals surface area (Å²) >= 11 is 0. The lowest BCUT2D eigenvalue weighted by Crippen LogP contribution is -2.38. The topological polar surface area (TPSA) is 38.2 Å². The van der Waals surface area contributed by atoms with Crippen molar-refractivity contribution in [1.29, 1.82) is 0 Å². The van der Waals surface area contributed by atoms with Gasteiger partial charge in [-0.1, -0.05) is 0 Å². The second-order valence-corrected chi connectivity index (χ2v) is 1.10. The van der Waals surface area contributed by atoms with E-state index in [4.69, 9.17) is 0 Å². The van der Waals surface area contributed by atoms with Crippen LogP contribution in [0.5, 0.6) is 0 Å². The van der Waals surface area contributed by atoms with Crippen LogP contribution < -0.4 is 15.8 Å². The predicted octanol–water partition coefficient (Wildman–Crippen LogP) is -1.54. The van der Waals surface area contributed by atoms with Gasteiger partial charge in [0.15, 0.2) is 5.10 Å². The fourth-order valence-corrected chi connectivity index (χ4v) is 0.348. The van der Waals surface area contributed by atoms with Crippen molar-refractivity contribution in [3.05, 3.63) is 0 Å². The van der Waals surface area contributed by atoms with Crippen molar-refractivity contribution < 1.29 is 0 Å². The second-order valence-electron chi connectivity index (χ2n) is 1.10. The van der Waals surface area contributed by atoms with Gasteiger partial charge >= 0.3 is 0 Å². The molecular weight excluding hydrogens is 78.1 g/mol. The Kier molecular flexibility index (Phi) is 1.06. The maximum atomic E-state index is 3.74. The van der Waals surface area contributed by atoms with Gasteiger partial charge in [-0.2, -0.15) is 0 Å². The summed E-state index contributed by atoms with van der Waals surface area (Å²) in [6.07, 6.45) is 1.80. The lowest BCUT2D eigenvalue weighted by molar-refractivity contribution is 0.580. The van der Waals surface area contributed by atoms with E-state index in [0.29, 0.717) is 0 Å². The molecule has 0 aliphatic carbocycles. The van der Waals surface area contributed by atoms with E-state index in [1.165, 1.54) is 0 Å². The van der Waals surface area contributed by atoms with Gasteiger partial charge in [0.1, 0.15) is 6.67 Å². The molecule has 1 rings (SSSR count). The summed E-state index contributed by atoms with van der Waals surface area (Å²) in [7, 11) is 0.